The van der Waals surface area contributed by atoms with E-state index in [2.05, 4.69) is 10.1 Å². The topological polar surface area (TPSA) is 67.6 Å². The first-order valence-electron chi connectivity index (χ1n) is 8.67. The first-order chi connectivity index (χ1) is 13.2. The van der Waals surface area contributed by atoms with Gasteiger partial charge in [-0.25, -0.2) is 9.67 Å². The maximum absolute atomic E-state index is 6.04. The molecule has 3 aromatic rings. The van der Waals surface area contributed by atoms with Crippen molar-refractivity contribution in [2.75, 3.05) is 20.8 Å². The van der Waals surface area contributed by atoms with Gasteiger partial charge in [0.15, 0.2) is 40.8 Å². The minimum Gasteiger partial charge on any atom is -0.493 e. The lowest BCUT2D eigenvalue weighted by atomic mass is 10.1. The molecule has 0 aliphatic carbocycles. The first kappa shape index (κ1) is 17.2. The number of aromatic nitrogens is 3. The van der Waals surface area contributed by atoms with Crippen molar-refractivity contribution in [3.8, 4) is 23.0 Å². The average molecular weight is 367 g/mol. The Hall–Kier alpha value is -3.22. The third-order valence-electron chi connectivity index (χ3n) is 4.45. The zero-order valence-electron chi connectivity index (χ0n) is 15.5. The van der Waals surface area contributed by atoms with Crippen LogP contribution in [0.3, 0.4) is 0 Å². The molecule has 2 aromatic carbocycles. The fraction of sp³-hybridized carbons (Fsp3) is 0.300. The smallest absolute Gasteiger partial charge is 0.192 e. The summed E-state index contributed by atoms with van der Waals surface area (Å²) in [6, 6.07) is 13.4. The molecule has 7 nitrogen and oxygen atoms in total. The minimum atomic E-state index is -0.295. The van der Waals surface area contributed by atoms with Crippen molar-refractivity contribution in [2.45, 2.75) is 12.5 Å². The largest absolute Gasteiger partial charge is 0.493 e. The zero-order valence-corrected chi connectivity index (χ0v) is 15.5. The Labute approximate surface area is 157 Å². The molecule has 140 valence electrons. The molecule has 0 amide bonds. The summed E-state index contributed by atoms with van der Waals surface area (Å²) in [4.78, 5) is 4.67. The van der Waals surface area contributed by atoms with Crippen LogP contribution >= 0.6 is 0 Å². The fourth-order valence-electron chi connectivity index (χ4n) is 3.13. The molecule has 1 atom stereocenters. The van der Waals surface area contributed by atoms with Crippen molar-refractivity contribution in [3.63, 3.8) is 0 Å². The van der Waals surface area contributed by atoms with E-state index in [1.165, 1.54) is 0 Å². The molecule has 0 saturated heterocycles. The summed E-state index contributed by atoms with van der Waals surface area (Å²) in [6.07, 6.45) is 0.287. The van der Waals surface area contributed by atoms with Crippen LogP contribution in [0.25, 0.3) is 0 Å². The number of rotatable bonds is 5. The second-order valence-corrected chi connectivity index (χ2v) is 6.24. The molecule has 0 radical (unpaired) electrons. The maximum Gasteiger partial charge on any atom is 0.192 e. The van der Waals surface area contributed by atoms with Gasteiger partial charge in [0.05, 0.1) is 14.2 Å². The Morgan fingerprint density at radius 3 is 2.63 bits per heavy atom. The number of ether oxygens (including phenoxy) is 4. The number of hydrogen-bond donors (Lipinski definition) is 0. The SMILES string of the molecule is COc1ccc(Cc2nc([C@H]3COc4ccccc4O3)n(C)n2)cc1OC. The van der Waals surface area contributed by atoms with Crippen LogP contribution < -0.4 is 18.9 Å². The first-order valence-corrected chi connectivity index (χ1v) is 8.67. The van der Waals surface area contributed by atoms with Gasteiger partial charge in [-0.05, 0) is 29.8 Å². The van der Waals surface area contributed by atoms with Gasteiger partial charge in [0, 0.05) is 13.5 Å². The van der Waals surface area contributed by atoms with Gasteiger partial charge in [0.25, 0.3) is 0 Å². The van der Waals surface area contributed by atoms with Crippen LogP contribution in [0.1, 0.15) is 23.3 Å². The van der Waals surface area contributed by atoms with Gasteiger partial charge in [0.1, 0.15) is 6.61 Å². The third-order valence-corrected chi connectivity index (χ3v) is 4.45. The van der Waals surface area contributed by atoms with E-state index in [1.807, 2.05) is 49.5 Å². The van der Waals surface area contributed by atoms with Crippen molar-refractivity contribution < 1.29 is 18.9 Å². The normalized spacial score (nSPS) is 15.4. The van der Waals surface area contributed by atoms with Crippen LogP contribution in [0.15, 0.2) is 42.5 Å². The quantitative estimate of drug-likeness (QED) is 0.691. The predicted octanol–water partition coefficient (Wildman–Crippen LogP) is 2.94. The number of hydrogen-bond acceptors (Lipinski definition) is 6. The van der Waals surface area contributed by atoms with Crippen molar-refractivity contribution in [1.29, 1.82) is 0 Å². The molecule has 1 aromatic heterocycles. The van der Waals surface area contributed by atoms with E-state index in [-0.39, 0.29) is 6.10 Å². The standard InChI is InChI=1S/C20H21N3O4/c1-23-20(18-12-26-15-6-4-5-7-16(15)27-18)21-19(22-23)11-13-8-9-14(24-2)17(10-13)25-3/h4-10,18H,11-12H2,1-3H3/t18-/m1/s1. The highest BCUT2D eigenvalue weighted by Gasteiger charge is 2.27. The number of para-hydroxylation sites is 2. The third kappa shape index (κ3) is 3.40. The van der Waals surface area contributed by atoms with Gasteiger partial charge in [-0.2, -0.15) is 5.10 Å². The van der Waals surface area contributed by atoms with Crippen molar-refractivity contribution >= 4 is 0 Å². The van der Waals surface area contributed by atoms with Gasteiger partial charge in [0.2, 0.25) is 0 Å². The van der Waals surface area contributed by atoms with E-state index in [0.717, 1.165) is 22.9 Å². The molecule has 0 saturated carbocycles. The average Bonchev–Trinajstić information content (AvgIpc) is 3.07. The molecule has 0 fully saturated rings. The van der Waals surface area contributed by atoms with Gasteiger partial charge < -0.3 is 18.9 Å². The highest BCUT2D eigenvalue weighted by Crippen LogP contribution is 2.35. The monoisotopic (exact) mass is 367 g/mol. The van der Waals surface area contributed by atoms with Crippen molar-refractivity contribution in [2.24, 2.45) is 7.05 Å². The molecule has 7 heteroatoms. The van der Waals surface area contributed by atoms with Crippen LogP contribution in [-0.2, 0) is 13.5 Å². The lowest BCUT2D eigenvalue weighted by Gasteiger charge is -2.25. The Morgan fingerprint density at radius 2 is 1.85 bits per heavy atom. The number of nitrogens with zero attached hydrogens (tertiary/aromatic N) is 3. The molecule has 1 aliphatic rings. The summed E-state index contributed by atoms with van der Waals surface area (Å²) in [6.45, 7) is 0.402. The van der Waals surface area contributed by atoms with E-state index >= 15 is 0 Å². The number of methoxy groups -OCH3 is 2. The summed E-state index contributed by atoms with van der Waals surface area (Å²) in [5, 5.41) is 4.53. The molecular weight excluding hydrogens is 346 g/mol. The van der Waals surface area contributed by atoms with E-state index in [0.29, 0.717) is 30.4 Å². The molecule has 0 unspecified atom stereocenters. The second-order valence-electron chi connectivity index (χ2n) is 6.24. The highest BCUT2D eigenvalue weighted by molar-refractivity contribution is 5.43. The highest BCUT2D eigenvalue weighted by atomic mass is 16.6. The predicted molar refractivity (Wildman–Crippen MR) is 98.7 cm³/mol. The number of benzene rings is 2. The summed E-state index contributed by atoms with van der Waals surface area (Å²) >= 11 is 0. The molecule has 0 spiro atoms. The van der Waals surface area contributed by atoms with Gasteiger partial charge >= 0.3 is 0 Å². The Kier molecular flexibility index (Phi) is 4.58. The van der Waals surface area contributed by atoms with Crippen molar-refractivity contribution in [3.05, 3.63) is 59.7 Å². The number of fused-ring (bicyclic) bond motifs is 1. The van der Waals surface area contributed by atoms with Crippen LogP contribution in [0.4, 0.5) is 0 Å². The zero-order chi connectivity index (χ0) is 18.8. The molecule has 27 heavy (non-hydrogen) atoms. The molecular formula is C20H21N3O4. The van der Waals surface area contributed by atoms with E-state index in [4.69, 9.17) is 18.9 Å². The Balaban J connectivity index is 1.54. The lowest BCUT2D eigenvalue weighted by Crippen LogP contribution is -2.24. The van der Waals surface area contributed by atoms with Gasteiger partial charge in [-0.3, -0.25) is 0 Å². The summed E-state index contributed by atoms with van der Waals surface area (Å²) < 4.78 is 24.2. The maximum atomic E-state index is 6.04. The van der Waals surface area contributed by atoms with Crippen LogP contribution in [0, 0.1) is 0 Å². The molecule has 2 heterocycles. The van der Waals surface area contributed by atoms with Crippen LogP contribution in [0.2, 0.25) is 0 Å². The second kappa shape index (κ2) is 7.19. The Bertz CT molecular complexity index is 954. The van der Waals surface area contributed by atoms with E-state index in [9.17, 15) is 0 Å². The van der Waals surface area contributed by atoms with Crippen LogP contribution in [-0.4, -0.2) is 35.6 Å². The van der Waals surface area contributed by atoms with Crippen LogP contribution in [0.5, 0.6) is 23.0 Å². The number of aryl methyl sites for hydroxylation is 1. The molecule has 4 rings (SSSR count). The summed E-state index contributed by atoms with van der Waals surface area (Å²) in [7, 11) is 5.11. The lowest BCUT2D eigenvalue weighted by molar-refractivity contribution is 0.0824. The van der Waals surface area contributed by atoms with Gasteiger partial charge in [-0.1, -0.05) is 18.2 Å². The van der Waals surface area contributed by atoms with Gasteiger partial charge in [-0.15, -0.1) is 0 Å². The van der Waals surface area contributed by atoms with E-state index in [1.54, 1.807) is 18.9 Å². The fourth-order valence-corrected chi connectivity index (χ4v) is 3.13. The van der Waals surface area contributed by atoms with Crippen molar-refractivity contribution in [1.82, 2.24) is 14.8 Å². The molecule has 0 bridgehead atoms. The molecule has 0 N–H and O–H groups in total. The molecule has 1 aliphatic heterocycles. The summed E-state index contributed by atoms with van der Waals surface area (Å²) in [5.74, 6) is 4.30. The Morgan fingerprint density at radius 1 is 1.07 bits per heavy atom. The minimum absolute atomic E-state index is 0.295. The summed E-state index contributed by atoms with van der Waals surface area (Å²) in [5.41, 5.74) is 1.04. The van der Waals surface area contributed by atoms with E-state index < -0.39 is 0 Å².